The average molecular weight is 798 g/mol. The highest BCUT2D eigenvalue weighted by Gasteiger charge is 2.28. The second-order valence-electron chi connectivity index (χ2n) is 15.0. The summed E-state index contributed by atoms with van der Waals surface area (Å²) in [5.41, 5.74) is 10.6. The Labute approximate surface area is 345 Å². The van der Waals surface area contributed by atoms with Gasteiger partial charge in [0.1, 0.15) is 35.1 Å². The zero-order valence-electron chi connectivity index (χ0n) is 32.3. The van der Waals surface area contributed by atoms with Gasteiger partial charge in [-0.05, 0) is 95.7 Å². The first-order chi connectivity index (χ1) is 29.8. The van der Waals surface area contributed by atoms with Crippen molar-refractivity contribution in [3.63, 3.8) is 0 Å². The van der Waals surface area contributed by atoms with E-state index in [-0.39, 0.29) is 40.8 Å². The molecule has 0 bridgehead atoms. The molecule has 10 aromatic rings. The van der Waals surface area contributed by atoms with Crippen LogP contribution in [-0.2, 0) is 11.4 Å². The summed E-state index contributed by atoms with van der Waals surface area (Å²) in [4.78, 5) is 38.2. The lowest BCUT2D eigenvalue weighted by Crippen LogP contribution is -2.13. The molecule has 2 aromatic heterocycles. The quantitative estimate of drug-likeness (QED) is 0.102. The van der Waals surface area contributed by atoms with Gasteiger partial charge in [-0.1, -0.05) is 72.8 Å². The molecular weight excluding hydrogens is 767 g/mol. The largest absolute Gasteiger partial charge is 0.506 e. The van der Waals surface area contributed by atoms with Crippen LogP contribution in [0.25, 0.3) is 60.1 Å². The number of para-hydroxylation sites is 2. The number of nitrogens with zero attached hydrogens (tertiary/aromatic N) is 6. The number of aryl methyl sites for hydroxylation is 1. The summed E-state index contributed by atoms with van der Waals surface area (Å²) < 4.78 is 1.58. The molecule has 0 saturated carbocycles. The molecule has 0 atom stereocenters. The molecule has 61 heavy (non-hydrogen) atoms. The van der Waals surface area contributed by atoms with E-state index in [4.69, 9.17) is 9.82 Å². The fraction of sp³-hybridized carbons (Fsp3) is 0.0408. The van der Waals surface area contributed by atoms with Crippen molar-refractivity contribution < 1.29 is 19.8 Å². The molecular formula is C49H31N7O5. The van der Waals surface area contributed by atoms with E-state index in [1.165, 1.54) is 0 Å². The topological polar surface area (TPSA) is 163 Å². The first kappa shape index (κ1) is 35.8. The van der Waals surface area contributed by atoms with Gasteiger partial charge in [0.2, 0.25) is 0 Å². The number of benzene rings is 8. The zero-order valence-corrected chi connectivity index (χ0v) is 32.3. The van der Waals surface area contributed by atoms with E-state index < -0.39 is 0 Å². The monoisotopic (exact) mass is 797 g/mol. The van der Waals surface area contributed by atoms with E-state index in [9.17, 15) is 19.8 Å². The standard InChI is InChI=1S/C49H31N7O5/c1-26-8-6-10-31(20-26)55-61-25-28-21-27-9-2-3-11-32(27)45(46(28)58)54-52-30-17-19-34-33-18-16-29(22-37(33)47(59)38(34)23-30)51-53-44-35-12-7-13-36-43(35)39(24-42(44)57)48-50-40-14-4-5-15-41(40)56(48)49(36)60/h2-24,55,57-58H,25H2,1H3. The predicted molar refractivity (Wildman–Crippen MR) is 236 cm³/mol. The van der Waals surface area contributed by atoms with Crippen molar-refractivity contribution in [1.82, 2.24) is 9.38 Å². The maximum absolute atomic E-state index is 13.9. The molecule has 1 aliphatic carbocycles. The normalized spacial score (nSPS) is 12.6. The van der Waals surface area contributed by atoms with Crippen molar-refractivity contribution in [2.45, 2.75) is 13.5 Å². The highest BCUT2D eigenvalue weighted by molar-refractivity contribution is 6.22. The number of azo groups is 2. The summed E-state index contributed by atoms with van der Waals surface area (Å²) in [5, 5.41) is 44.4. The minimum absolute atomic E-state index is 0.0601. The van der Waals surface area contributed by atoms with Crippen LogP contribution in [0, 0.1) is 6.92 Å². The number of anilines is 1. The molecule has 0 spiro atoms. The maximum Gasteiger partial charge on any atom is 0.264 e. The lowest BCUT2D eigenvalue weighted by Gasteiger charge is -2.12. The van der Waals surface area contributed by atoms with Gasteiger partial charge in [-0.15, -0.1) is 10.2 Å². The minimum atomic E-state index is -0.217. The van der Waals surface area contributed by atoms with E-state index in [2.05, 4.69) is 25.9 Å². The highest BCUT2D eigenvalue weighted by atomic mass is 16.6. The zero-order chi connectivity index (χ0) is 41.4. The van der Waals surface area contributed by atoms with Crippen LogP contribution in [0.2, 0.25) is 0 Å². The fourth-order valence-corrected chi connectivity index (χ4v) is 8.33. The van der Waals surface area contributed by atoms with Crippen LogP contribution < -0.4 is 11.0 Å². The van der Waals surface area contributed by atoms with Gasteiger partial charge in [0.15, 0.2) is 5.78 Å². The van der Waals surface area contributed by atoms with Gasteiger partial charge in [0.05, 0.1) is 28.1 Å². The number of aromatic hydroxyl groups is 2. The molecule has 8 aromatic carbocycles. The second kappa shape index (κ2) is 13.9. The summed E-state index contributed by atoms with van der Waals surface area (Å²) in [7, 11) is 0. The van der Waals surface area contributed by atoms with Crippen LogP contribution in [0.1, 0.15) is 27.0 Å². The summed E-state index contributed by atoms with van der Waals surface area (Å²) in [6.45, 7) is 2.06. The number of ketones is 1. The van der Waals surface area contributed by atoms with Crippen molar-refractivity contribution in [3.8, 4) is 22.6 Å². The third kappa shape index (κ3) is 5.84. The van der Waals surface area contributed by atoms with Crippen molar-refractivity contribution in [2.75, 3.05) is 5.48 Å². The van der Waals surface area contributed by atoms with Crippen LogP contribution in [0.15, 0.2) is 165 Å². The van der Waals surface area contributed by atoms with E-state index in [1.54, 1.807) is 52.9 Å². The van der Waals surface area contributed by atoms with E-state index in [0.29, 0.717) is 71.7 Å². The average Bonchev–Trinajstić information content (AvgIpc) is 3.80. The Balaban J connectivity index is 0.883. The van der Waals surface area contributed by atoms with E-state index in [1.807, 2.05) is 97.9 Å². The summed E-state index contributed by atoms with van der Waals surface area (Å²) in [5.74, 6) is -0.396. The van der Waals surface area contributed by atoms with Crippen LogP contribution in [0.3, 0.4) is 0 Å². The highest BCUT2D eigenvalue weighted by Crippen LogP contribution is 2.45. The molecule has 0 amide bonds. The molecule has 2 heterocycles. The molecule has 0 unspecified atom stereocenters. The molecule has 0 fully saturated rings. The number of phenols is 2. The lowest BCUT2D eigenvalue weighted by atomic mass is 10.0. The molecule has 292 valence electrons. The first-order valence-corrected chi connectivity index (χ1v) is 19.5. The lowest BCUT2D eigenvalue weighted by molar-refractivity contribution is 0.104. The third-order valence-corrected chi connectivity index (χ3v) is 11.2. The van der Waals surface area contributed by atoms with E-state index in [0.717, 1.165) is 27.8 Å². The second-order valence-corrected chi connectivity index (χ2v) is 15.0. The number of carbonyl (C=O) groups excluding carboxylic acids is 1. The molecule has 12 heteroatoms. The van der Waals surface area contributed by atoms with Crippen LogP contribution in [0.5, 0.6) is 11.5 Å². The number of pyridine rings is 1. The van der Waals surface area contributed by atoms with Gasteiger partial charge in [-0.25, -0.2) is 4.98 Å². The van der Waals surface area contributed by atoms with Gasteiger partial charge >= 0.3 is 0 Å². The van der Waals surface area contributed by atoms with Crippen LogP contribution in [-0.4, -0.2) is 25.4 Å². The minimum Gasteiger partial charge on any atom is -0.506 e. The maximum atomic E-state index is 13.9. The fourth-order valence-electron chi connectivity index (χ4n) is 8.33. The molecule has 0 radical (unpaired) electrons. The number of aromatic nitrogens is 2. The Kier molecular flexibility index (Phi) is 8.15. The number of nitrogens with one attached hydrogen (secondary N) is 1. The smallest absolute Gasteiger partial charge is 0.264 e. The number of imidazole rings is 1. The molecule has 1 aliphatic rings. The van der Waals surface area contributed by atoms with Crippen molar-refractivity contribution in [2.24, 2.45) is 20.5 Å². The molecule has 0 aliphatic heterocycles. The first-order valence-electron chi connectivity index (χ1n) is 19.5. The van der Waals surface area contributed by atoms with Crippen molar-refractivity contribution in [3.05, 3.63) is 172 Å². The molecule has 11 rings (SSSR count). The van der Waals surface area contributed by atoms with Crippen LogP contribution in [0.4, 0.5) is 28.4 Å². The Morgan fingerprint density at radius 3 is 2.11 bits per heavy atom. The van der Waals surface area contributed by atoms with Gasteiger partial charge in [-0.3, -0.25) is 24.3 Å². The number of fused-ring (bicyclic) bond motifs is 8. The van der Waals surface area contributed by atoms with Gasteiger partial charge in [-0.2, -0.15) is 10.2 Å². The van der Waals surface area contributed by atoms with E-state index >= 15 is 0 Å². The summed E-state index contributed by atoms with van der Waals surface area (Å²) in [6, 6.07) is 42.0. The third-order valence-electron chi connectivity index (χ3n) is 11.2. The number of phenolic OH excluding ortho intramolecular Hbond substituents is 2. The summed E-state index contributed by atoms with van der Waals surface area (Å²) in [6.07, 6.45) is 0. The molecule has 12 nitrogen and oxygen atoms in total. The van der Waals surface area contributed by atoms with Gasteiger partial charge in [0.25, 0.3) is 5.56 Å². The van der Waals surface area contributed by atoms with Crippen molar-refractivity contribution in [1.29, 1.82) is 0 Å². The van der Waals surface area contributed by atoms with Crippen LogP contribution >= 0.6 is 0 Å². The Bertz CT molecular complexity index is 3620. The summed E-state index contributed by atoms with van der Waals surface area (Å²) >= 11 is 0. The van der Waals surface area contributed by atoms with Crippen molar-refractivity contribution >= 4 is 83.2 Å². The van der Waals surface area contributed by atoms with Gasteiger partial charge in [0, 0.05) is 43.6 Å². The number of hydrogen-bond acceptors (Lipinski definition) is 11. The predicted octanol–water partition coefficient (Wildman–Crippen LogP) is 12.1. The number of carbonyl (C=O) groups is 1. The Hall–Kier alpha value is -8.35. The van der Waals surface area contributed by atoms with Gasteiger partial charge < -0.3 is 10.2 Å². The Morgan fingerprint density at radius 2 is 1.33 bits per heavy atom. The SMILES string of the molecule is Cc1cccc(NOCc2cc3ccccc3c(N=Nc3ccc4c(c3)C(=O)c3cc(N=Nc5c(O)cc6c7c5cccc7c(=O)n5c7ccccc7nc65)ccc3-4)c2O)c1. The molecule has 3 N–H and O–H groups in total. The Morgan fingerprint density at radius 1 is 0.639 bits per heavy atom. The number of rotatable bonds is 8. The molecule has 0 saturated heterocycles. The number of hydrogen-bond donors (Lipinski definition) is 3.